The van der Waals surface area contributed by atoms with Gasteiger partial charge < -0.3 is 24.4 Å². The molecule has 130 valence electrons. The summed E-state index contributed by atoms with van der Waals surface area (Å²) in [6.45, 7) is 3.89. The van der Waals surface area contributed by atoms with Crippen LogP contribution < -0.4 is 14.8 Å². The molecule has 0 aromatic heterocycles. The first-order valence-corrected chi connectivity index (χ1v) is 8.33. The maximum atomic E-state index is 12.6. The van der Waals surface area contributed by atoms with E-state index in [1.54, 1.807) is 17.0 Å². The number of aryl methyl sites for hydroxylation is 1. The molecule has 0 saturated carbocycles. The molecule has 1 fully saturated rings. The molecule has 2 aliphatic heterocycles. The van der Waals surface area contributed by atoms with Crippen molar-refractivity contribution < 1.29 is 19.0 Å². The van der Waals surface area contributed by atoms with Gasteiger partial charge in [-0.05, 0) is 24.6 Å². The highest BCUT2D eigenvalue weighted by Crippen LogP contribution is 2.34. The van der Waals surface area contributed by atoms with Gasteiger partial charge in [-0.1, -0.05) is 29.8 Å². The highest BCUT2D eigenvalue weighted by molar-refractivity contribution is 5.89. The fraction of sp³-hybridized carbons (Fsp3) is 0.316. The molecule has 2 aromatic rings. The summed E-state index contributed by atoms with van der Waals surface area (Å²) in [5, 5.41) is 2.92. The molecule has 0 spiro atoms. The molecule has 0 bridgehead atoms. The van der Waals surface area contributed by atoms with Crippen LogP contribution in [0, 0.1) is 6.92 Å². The zero-order chi connectivity index (χ0) is 17.2. The van der Waals surface area contributed by atoms with Crippen LogP contribution in [0.4, 0.5) is 10.5 Å². The van der Waals surface area contributed by atoms with Crippen molar-refractivity contribution in [3.8, 4) is 11.5 Å². The lowest BCUT2D eigenvalue weighted by atomic mass is 10.1. The second kappa shape index (κ2) is 6.64. The molecule has 6 nitrogen and oxygen atoms in total. The second-order valence-electron chi connectivity index (χ2n) is 6.21. The summed E-state index contributed by atoms with van der Waals surface area (Å²) in [7, 11) is 0. The van der Waals surface area contributed by atoms with E-state index in [0.717, 1.165) is 5.56 Å². The van der Waals surface area contributed by atoms with E-state index in [0.29, 0.717) is 36.9 Å². The van der Waals surface area contributed by atoms with Crippen LogP contribution in [-0.2, 0) is 4.74 Å². The number of ether oxygens (including phenoxy) is 3. The zero-order valence-electron chi connectivity index (χ0n) is 14.0. The summed E-state index contributed by atoms with van der Waals surface area (Å²) < 4.78 is 16.5. The van der Waals surface area contributed by atoms with Gasteiger partial charge in [0, 0.05) is 18.3 Å². The molecule has 1 N–H and O–H groups in total. The first kappa shape index (κ1) is 15.8. The number of carbonyl (C=O) groups excluding carboxylic acids is 1. The molecule has 0 aliphatic carbocycles. The lowest BCUT2D eigenvalue weighted by Crippen LogP contribution is -2.44. The number of hydrogen-bond acceptors (Lipinski definition) is 4. The van der Waals surface area contributed by atoms with Gasteiger partial charge in [-0.2, -0.15) is 0 Å². The van der Waals surface area contributed by atoms with Crippen LogP contribution in [-0.4, -0.2) is 37.4 Å². The predicted molar refractivity (Wildman–Crippen MR) is 93.0 cm³/mol. The standard InChI is InChI=1S/C19H20N2O4/c1-13-2-4-14(5-3-13)18-11-21(8-9-23-18)19(22)20-15-6-7-16-17(10-15)25-12-24-16/h2-7,10,18H,8-9,11-12H2,1H3,(H,20,22). The average molecular weight is 340 g/mol. The first-order chi connectivity index (χ1) is 12.2. The van der Waals surface area contributed by atoms with Crippen LogP contribution in [0.1, 0.15) is 17.2 Å². The van der Waals surface area contributed by atoms with Crippen molar-refractivity contribution in [3.63, 3.8) is 0 Å². The smallest absolute Gasteiger partial charge is 0.322 e. The molecule has 2 heterocycles. The van der Waals surface area contributed by atoms with Gasteiger partial charge in [0.2, 0.25) is 6.79 Å². The van der Waals surface area contributed by atoms with Gasteiger partial charge in [0.05, 0.1) is 13.2 Å². The van der Waals surface area contributed by atoms with Crippen LogP contribution in [0.25, 0.3) is 0 Å². The summed E-state index contributed by atoms with van der Waals surface area (Å²) in [6, 6.07) is 13.5. The number of urea groups is 1. The van der Waals surface area contributed by atoms with Crippen molar-refractivity contribution in [1.29, 1.82) is 0 Å². The van der Waals surface area contributed by atoms with Crippen LogP contribution in [0.15, 0.2) is 42.5 Å². The fourth-order valence-electron chi connectivity index (χ4n) is 2.99. The number of benzene rings is 2. The number of fused-ring (bicyclic) bond motifs is 1. The Kier molecular flexibility index (Phi) is 4.19. The number of rotatable bonds is 2. The maximum Gasteiger partial charge on any atom is 0.322 e. The van der Waals surface area contributed by atoms with Gasteiger partial charge in [-0.3, -0.25) is 0 Å². The third-order valence-corrected chi connectivity index (χ3v) is 4.43. The number of morpholine rings is 1. The summed E-state index contributed by atoms with van der Waals surface area (Å²) in [5.74, 6) is 1.35. The molecule has 4 rings (SSSR count). The number of anilines is 1. The van der Waals surface area contributed by atoms with Crippen LogP contribution in [0.2, 0.25) is 0 Å². The average Bonchev–Trinajstić information content (AvgIpc) is 3.10. The number of nitrogens with one attached hydrogen (secondary N) is 1. The number of amides is 2. The topological polar surface area (TPSA) is 60.0 Å². The van der Waals surface area contributed by atoms with Crippen molar-refractivity contribution in [2.75, 3.05) is 31.8 Å². The lowest BCUT2D eigenvalue weighted by Gasteiger charge is -2.33. The first-order valence-electron chi connectivity index (χ1n) is 8.33. The Morgan fingerprint density at radius 1 is 1.12 bits per heavy atom. The Morgan fingerprint density at radius 3 is 2.76 bits per heavy atom. The van der Waals surface area contributed by atoms with Gasteiger partial charge in [-0.25, -0.2) is 4.79 Å². The summed E-state index contributed by atoms with van der Waals surface area (Å²) in [6.07, 6.45) is -0.100. The van der Waals surface area contributed by atoms with Crippen molar-refractivity contribution in [2.24, 2.45) is 0 Å². The van der Waals surface area contributed by atoms with Gasteiger partial charge >= 0.3 is 6.03 Å². The van der Waals surface area contributed by atoms with Crippen molar-refractivity contribution >= 4 is 11.7 Å². The van der Waals surface area contributed by atoms with Crippen LogP contribution in [0.3, 0.4) is 0 Å². The van der Waals surface area contributed by atoms with E-state index in [1.165, 1.54) is 5.56 Å². The Balaban J connectivity index is 1.42. The van der Waals surface area contributed by atoms with Gasteiger partial charge in [0.25, 0.3) is 0 Å². The normalized spacial score (nSPS) is 18.9. The Labute approximate surface area is 146 Å². The molecule has 2 amide bonds. The highest BCUT2D eigenvalue weighted by Gasteiger charge is 2.25. The third kappa shape index (κ3) is 3.39. The van der Waals surface area contributed by atoms with Gasteiger partial charge in [0.15, 0.2) is 11.5 Å². The molecule has 0 radical (unpaired) electrons. The molecular weight excluding hydrogens is 320 g/mol. The van der Waals surface area contributed by atoms with E-state index >= 15 is 0 Å². The quantitative estimate of drug-likeness (QED) is 0.911. The van der Waals surface area contributed by atoms with Crippen molar-refractivity contribution in [1.82, 2.24) is 4.90 Å². The van der Waals surface area contributed by atoms with Crippen LogP contribution >= 0.6 is 0 Å². The number of carbonyl (C=O) groups is 1. The van der Waals surface area contributed by atoms with Crippen molar-refractivity contribution in [2.45, 2.75) is 13.0 Å². The fourth-order valence-corrected chi connectivity index (χ4v) is 2.99. The largest absolute Gasteiger partial charge is 0.454 e. The molecule has 6 heteroatoms. The molecule has 1 atom stereocenters. The highest BCUT2D eigenvalue weighted by atomic mass is 16.7. The molecule has 2 aromatic carbocycles. The molecule has 25 heavy (non-hydrogen) atoms. The minimum Gasteiger partial charge on any atom is -0.454 e. The molecule has 2 aliphatic rings. The number of nitrogens with zero attached hydrogens (tertiary/aromatic N) is 1. The monoisotopic (exact) mass is 340 g/mol. The van der Waals surface area contributed by atoms with E-state index in [9.17, 15) is 4.79 Å². The lowest BCUT2D eigenvalue weighted by molar-refractivity contribution is -0.0135. The van der Waals surface area contributed by atoms with Crippen LogP contribution in [0.5, 0.6) is 11.5 Å². The SMILES string of the molecule is Cc1ccc(C2CN(C(=O)Nc3ccc4c(c3)OCO4)CCO2)cc1. The Bertz CT molecular complexity index is 775. The Morgan fingerprint density at radius 2 is 1.92 bits per heavy atom. The van der Waals surface area contributed by atoms with E-state index in [2.05, 4.69) is 36.5 Å². The maximum absolute atomic E-state index is 12.6. The molecular formula is C19H20N2O4. The van der Waals surface area contributed by atoms with E-state index in [4.69, 9.17) is 14.2 Å². The van der Waals surface area contributed by atoms with Gasteiger partial charge in [-0.15, -0.1) is 0 Å². The van der Waals surface area contributed by atoms with Gasteiger partial charge in [0.1, 0.15) is 6.10 Å². The van der Waals surface area contributed by atoms with Crippen molar-refractivity contribution in [3.05, 3.63) is 53.6 Å². The second-order valence-corrected chi connectivity index (χ2v) is 6.21. The van der Waals surface area contributed by atoms with E-state index < -0.39 is 0 Å². The van der Waals surface area contributed by atoms with E-state index in [1.807, 2.05) is 6.07 Å². The summed E-state index contributed by atoms with van der Waals surface area (Å²) >= 11 is 0. The minimum absolute atomic E-state index is 0.100. The zero-order valence-corrected chi connectivity index (χ0v) is 14.0. The van der Waals surface area contributed by atoms with E-state index in [-0.39, 0.29) is 18.9 Å². The molecule has 1 unspecified atom stereocenters. The predicted octanol–water partition coefficient (Wildman–Crippen LogP) is 3.33. The summed E-state index contributed by atoms with van der Waals surface area (Å²) in [5.41, 5.74) is 2.98. The molecule has 1 saturated heterocycles. The summed E-state index contributed by atoms with van der Waals surface area (Å²) in [4.78, 5) is 14.4. The number of hydrogen-bond donors (Lipinski definition) is 1. The third-order valence-electron chi connectivity index (χ3n) is 4.43. The minimum atomic E-state index is -0.140. The Hall–Kier alpha value is -2.73.